The van der Waals surface area contributed by atoms with E-state index in [4.69, 9.17) is 11.6 Å². The molecule has 2 aromatic carbocycles. The zero-order valence-electron chi connectivity index (χ0n) is 10.8. The first-order valence-electron chi connectivity index (χ1n) is 6.35. The van der Waals surface area contributed by atoms with Crippen molar-refractivity contribution in [1.29, 1.82) is 0 Å². The minimum Gasteiger partial charge on any atom is -0.323 e. The van der Waals surface area contributed by atoms with Gasteiger partial charge in [0.15, 0.2) is 0 Å². The molecule has 0 bridgehead atoms. The third kappa shape index (κ3) is 1.78. The van der Waals surface area contributed by atoms with Crippen molar-refractivity contribution in [2.45, 2.75) is 11.8 Å². The van der Waals surface area contributed by atoms with E-state index in [-0.39, 0.29) is 0 Å². The maximum absolute atomic E-state index is 6.04. The van der Waals surface area contributed by atoms with Gasteiger partial charge in [-0.2, -0.15) is 0 Å². The number of nitrogens with one attached hydrogen (secondary N) is 1. The summed E-state index contributed by atoms with van der Waals surface area (Å²) in [4.78, 5) is 5.71. The molecule has 1 aliphatic heterocycles. The number of aromatic nitrogens is 1. The Balaban J connectivity index is 2.07. The van der Waals surface area contributed by atoms with Crippen LogP contribution >= 0.6 is 23.5 Å². The van der Waals surface area contributed by atoms with Crippen molar-refractivity contribution in [1.82, 2.24) is 4.98 Å². The van der Waals surface area contributed by atoms with E-state index in [1.165, 1.54) is 21.6 Å². The molecule has 20 heavy (non-hydrogen) atoms. The smallest absolute Gasteiger partial charge is 0.129 e. The van der Waals surface area contributed by atoms with Gasteiger partial charge in [0.25, 0.3) is 0 Å². The predicted octanol–water partition coefficient (Wildman–Crippen LogP) is 5.30. The van der Waals surface area contributed by atoms with Crippen LogP contribution in [0.5, 0.6) is 0 Å². The monoisotopic (exact) mass is 298 g/mol. The Morgan fingerprint density at radius 2 is 1.90 bits per heavy atom. The summed E-state index contributed by atoms with van der Waals surface area (Å²) in [6, 6.07) is 14.6. The Morgan fingerprint density at radius 3 is 2.80 bits per heavy atom. The van der Waals surface area contributed by atoms with Crippen LogP contribution in [0.4, 0.5) is 5.69 Å². The van der Waals surface area contributed by atoms with E-state index in [9.17, 15) is 0 Å². The molecule has 0 spiro atoms. The summed E-state index contributed by atoms with van der Waals surface area (Å²) < 4.78 is 3.40. The van der Waals surface area contributed by atoms with Crippen LogP contribution in [0.1, 0.15) is 5.56 Å². The van der Waals surface area contributed by atoms with Crippen LogP contribution in [0.25, 0.3) is 22.0 Å². The van der Waals surface area contributed by atoms with Gasteiger partial charge in [0, 0.05) is 15.8 Å². The van der Waals surface area contributed by atoms with Crippen LogP contribution in [0.3, 0.4) is 0 Å². The minimum atomic E-state index is 0.521. The molecular formula is C16H11ClN2S. The summed E-state index contributed by atoms with van der Waals surface area (Å²) in [5.74, 6) is 0. The van der Waals surface area contributed by atoms with Crippen molar-refractivity contribution in [3.05, 3.63) is 53.2 Å². The van der Waals surface area contributed by atoms with Gasteiger partial charge in [-0.1, -0.05) is 41.4 Å². The number of nitrogens with zero attached hydrogens (tertiary/aromatic N) is 1. The highest BCUT2D eigenvalue weighted by molar-refractivity contribution is 8.00. The summed E-state index contributed by atoms with van der Waals surface area (Å²) in [6.45, 7) is 2.11. The Hall–Kier alpha value is -1.71. The molecule has 98 valence electrons. The molecule has 0 saturated heterocycles. The molecule has 2 nitrogen and oxygen atoms in total. The second-order valence-corrected chi connectivity index (χ2v) is 6.13. The van der Waals surface area contributed by atoms with Crippen molar-refractivity contribution in [3.63, 3.8) is 0 Å². The second kappa shape index (κ2) is 4.40. The van der Waals surface area contributed by atoms with Crippen LogP contribution in [0, 0.1) is 6.92 Å². The second-order valence-electron chi connectivity index (χ2n) is 4.90. The van der Waals surface area contributed by atoms with Gasteiger partial charge >= 0.3 is 0 Å². The topological polar surface area (TPSA) is 24.9 Å². The fraction of sp³-hybridized carbons (Fsp3) is 0.0625. The minimum absolute atomic E-state index is 0.521. The maximum Gasteiger partial charge on any atom is 0.129 e. The van der Waals surface area contributed by atoms with E-state index < -0.39 is 0 Å². The first kappa shape index (κ1) is 12.1. The molecule has 4 rings (SSSR count). The van der Waals surface area contributed by atoms with Crippen LogP contribution in [-0.4, -0.2) is 4.98 Å². The van der Waals surface area contributed by atoms with Gasteiger partial charge < -0.3 is 4.72 Å². The lowest BCUT2D eigenvalue weighted by Gasteiger charge is -2.22. The molecule has 2 heterocycles. The Bertz CT molecular complexity index is 845. The van der Waals surface area contributed by atoms with Crippen LogP contribution in [0.15, 0.2) is 47.4 Å². The quantitative estimate of drug-likeness (QED) is 0.450. The van der Waals surface area contributed by atoms with E-state index >= 15 is 0 Å². The molecular weight excluding hydrogens is 288 g/mol. The molecule has 0 unspecified atom stereocenters. The summed E-state index contributed by atoms with van der Waals surface area (Å²) >= 11 is 7.67. The summed E-state index contributed by atoms with van der Waals surface area (Å²) in [5.41, 5.74) is 5.68. The lowest BCUT2D eigenvalue weighted by molar-refractivity contribution is 1.35. The van der Waals surface area contributed by atoms with Gasteiger partial charge in [0.05, 0.1) is 11.2 Å². The largest absolute Gasteiger partial charge is 0.323 e. The molecule has 1 aromatic heterocycles. The molecule has 0 fully saturated rings. The van der Waals surface area contributed by atoms with E-state index in [2.05, 4.69) is 47.0 Å². The van der Waals surface area contributed by atoms with Gasteiger partial charge in [-0.3, -0.25) is 0 Å². The zero-order chi connectivity index (χ0) is 13.7. The molecule has 4 heteroatoms. The molecule has 3 aromatic rings. The molecule has 0 atom stereocenters. The first-order chi connectivity index (χ1) is 9.72. The molecule has 1 aliphatic rings. The van der Waals surface area contributed by atoms with Gasteiger partial charge in [0.1, 0.15) is 5.15 Å². The number of aryl methyl sites for hydroxylation is 1. The first-order valence-corrected chi connectivity index (χ1v) is 7.55. The van der Waals surface area contributed by atoms with E-state index in [0.717, 1.165) is 16.6 Å². The SMILES string of the molecule is Cc1ccc2c(c1)-c1ccc3ccc(Cl)nc3c1NS2. The average Bonchev–Trinajstić information content (AvgIpc) is 2.46. The van der Waals surface area contributed by atoms with Crippen molar-refractivity contribution in [2.24, 2.45) is 0 Å². The van der Waals surface area contributed by atoms with Crippen molar-refractivity contribution in [3.8, 4) is 11.1 Å². The number of fused-ring (bicyclic) bond motifs is 5. The Morgan fingerprint density at radius 1 is 1.05 bits per heavy atom. The molecule has 0 radical (unpaired) electrons. The molecule has 0 aliphatic carbocycles. The van der Waals surface area contributed by atoms with Crippen LogP contribution in [-0.2, 0) is 0 Å². The predicted molar refractivity (Wildman–Crippen MR) is 86.4 cm³/mol. The highest BCUT2D eigenvalue weighted by Crippen LogP contribution is 2.45. The number of anilines is 1. The van der Waals surface area contributed by atoms with Gasteiger partial charge in [-0.05, 0) is 42.6 Å². The summed E-state index contributed by atoms with van der Waals surface area (Å²) in [5, 5.41) is 1.62. The molecule has 0 saturated carbocycles. The maximum atomic E-state index is 6.04. The highest BCUT2D eigenvalue weighted by Gasteiger charge is 2.19. The van der Waals surface area contributed by atoms with E-state index in [0.29, 0.717) is 5.15 Å². The highest BCUT2D eigenvalue weighted by atomic mass is 35.5. The fourth-order valence-electron chi connectivity index (χ4n) is 2.54. The Kier molecular flexibility index (Phi) is 2.65. The lowest BCUT2D eigenvalue weighted by Crippen LogP contribution is -2.01. The Labute approximate surface area is 126 Å². The fourth-order valence-corrected chi connectivity index (χ4v) is 3.52. The van der Waals surface area contributed by atoms with Gasteiger partial charge in [-0.15, -0.1) is 0 Å². The number of halogens is 1. The normalized spacial score (nSPS) is 12.7. The number of pyridine rings is 1. The van der Waals surface area contributed by atoms with Gasteiger partial charge in [0.2, 0.25) is 0 Å². The average molecular weight is 299 g/mol. The number of hydrogen-bond acceptors (Lipinski definition) is 3. The third-order valence-corrected chi connectivity index (χ3v) is 4.61. The van der Waals surface area contributed by atoms with E-state index in [1.807, 2.05) is 12.1 Å². The van der Waals surface area contributed by atoms with E-state index in [1.54, 1.807) is 11.9 Å². The van der Waals surface area contributed by atoms with Crippen molar-refractivity contribution >= 4 is 40.1 Å². The summed E-state index contributed by atoms with van der Waals surface area (Å²) in [7, 11) is 0. The lowest BCUT2D eigenvalue weighted by atomic mass is 9.99. The van der Waals surface area contributed by atoms with Gasteiger partial charge in [-0.25, -0.2) is 4.98 Å². The van der Waals surface area contributed by atoms with Crippen molar-refractivity contribution < 1.29 is 0 Å². The van der Waals surface area contributed by atoms with Crippen molar-refractivity contribution in [2.75, 3.05) is 4.72 Å². The number of hydrogen-bond donors (Lipinski definition) is 1. The van der Waals surface area contributed by atoms with Crippen LogP contribution < -0.4 is 4.72 Å². The third-order valence-electron chi connectivity index (χ3n) is 3.52. The van der Waals surface area contributed by atoms with Crippen LogP contribution in [0.2, 0.25) is 5.15 Å². The standard InChI is InChI=1S/C16H11ClN2S/c1-9-2-6-13-12(8-9)11-5-3-10-4-7-14(17)18-15(10)16(11)19-20-13/h2-8,19H,1H3. The summed E-state index contributed by atoms with van der Waals surface area (Å²) in [6.07, 6.45) is 0. The number of benzene rings is 2. The zero-order valence-corrected chi connectivity index (χ0v) is 12.3. The molecule has 0 amide bonds. The number of rotatable bonds is 0. The molecule has 1 N–H and O–H groups in total.